The number of hydrogen-bond donors (Lipinski definition) is 0. The van der Waals surface area contributed by atoms with Crippen LogP contribution in [0.25, 0.3) is 0 Å². The first-order valence-electron chi connectivity index (χ1n) is 3.55. The van der Waals surface area contributed by atoms with Crippen LogP contribution in [0.1, 0.15) is 5.56 Å². The summed E-state index contributed by atoms with van der Waals surface area (Å²) in [5, 5.41) is 18.5. The van der Waals surface area contributed by atoms with Crippen LogP contribution >= 0.6 is 0 Å². The monoisotopic (exact) mass is 176 g/mol. The van der Waals surface area contributed by atoms with Crippen LogP contribution in [0.15, 0.2) is 24.3 Å². The minimum absolute atomic E-state index is 0.350. The van der Waals surface area contributed by atoms with Gasteiger partial charge in [-0.3, -0.25) is 0 Å². The van der Waals surface area contributed by atoms with Crippen molar-refractivity contribution in [3.63, 3.8) is 0 Å². The zero-order valence-electron chi connectivity index (χ0n) is 6.69. The molecule has 0 saturated heterocycles. The molecule has 0 aliphatic rings. The van der Waals surface area contributed by atoms with Gasteiger partial charge >= 0.3 is 0 Å². The number of rotatable bonds is 3. The molecular formula is C9H6NO3-. The molecule has 0 amide bonds. The highest BCUT2D eigenvalue weighted by Gasteiger charge is 1.95. The summed E-state index contributed by atoms with van der Waals surface area (Å²) >= 11 is 0. The van der Waals surface area contributed by atoms with Crippen LogP contribution in [0.4, 0.5) is 0 Å². The third-order valence-corrected chi connectivity index (χ3v) is 1.32. The fourth-order valence-corrected chi connectivity index (χ4v) is 0.798. The number of aliphatic carboxylic acids is 1. The van der Waals surface area contributed by atoms with E-state index in [1.54, 1.807) is 18.2 Å². The van der Waals surface area contributed by atoms with Gasteiger partial charge in [0.15, 0.2) is 0 Å². The first kappa shape index (κ1) is 9.07. The van der Waals surface area contributed by atoms with Gasteiger partial charge in [-0.1, -0.05) is 6.07 Å². The molecule has 0 spiro atoms. The molecule has 1 rings (SSSR count). The topological polar surface area (TPSA) is 73.1 Å². The Bertz CT molecular complexity index is 354. The lowest BCUT2D eigenvalue weighted by atomic mass is 10.2. The molecule has 0 aromatic heterocycles. The molecule has 1 aromatic carbocycles. The van der Waals surface area contributed by atoms with E-state index in [1.807, 2.05) is 6.07 Å². The van der Waals surface area contributed by atoms with Gasteiger partial charge in [0, 0.05) is 0 Å². The smallest absolute Gasteiger partial charge is 0.128 e. The number of ether oxygens (including phenoxy) is 1. The predicted molar refractivity (Wildman–Crippen MR) is 41.7 cm³/mol. The number of carboxylic acids is 1. The van der Waals surface area contributed by atoms with E-state index >= 15 is 0 Å². The van der Waals surface area contributed by atoms with Gasteiger partial charge in [-0.15, -0.1) is 0 Å². The largest absolute Gasteiger partial charge is 0.546 e. The van der Waals surface area contributed by atoms with Gasteiger partial charge in [-0.25, -0.2) is 0 Å². The Hall–Kier alpha value is -2.02. The maximum atomic E-state index is 10.0. The Morgan fingerprint density at radius 2 is 2.38 bits per heavy atom. The number of carbonyl (C=O) groups is 1. The number of nitrogens with zero attached hydrogens (tertiary/aromatic N) is 1. The first-order chi connectivity index (χ1) is 6.22. The van der Waals surface area contributed by atoms with Gasteiger partial charge in [-0.2, -0.15) is 5.26 Å². The minimum Gasteiger partial charge on any atom is -0.546 e. The van der Waals surface area contributed by atoms with Gasteiger partial charge in [0.2, 0.25) is 0 Å². The Balaban J connectivity index is 2.68. The quantitative estimate of drug-likeness (QED) is 0.633. The second-order valence-corrected chi connectivity index (χ2v) is 2.30. The lowest BCUT2D eigenvalue weighted by Gasteiger charge is -2.05. The summed E-state index contributed by atoms with van der Waals surface area (Å²) in [4.78, 5) is 10.0. The molecule has 0 aliphatic heterocycles. The van der Waals surface area contributed by atoms with Gasteiger partial charge < -0.3 is 14.6 Å². The summed E-state index contributed by atoms with van der Waals surface area (Å²) in [6, 6.07) is 8.16. The van der Waals surface area contributed by atoms with Crippen LogP contribution < -0.4 is 9.84 Å². The Morgan fingerprint density at radius 3 is 3.00 bits per heavy atom. The van der Waals surface area contributed by atoms with Crippen molar-refractivity contribution < 1.29 is 14.6 Å². The number of carboxylic acid groups (broad SMARTS) is 1. The second-order valence-electron chi connectivity index (χ2n) is 2.30. The first-order valence-corrected chi connectivity index (χ1v) is 3.55. The van der Waals surface area contributed by atoms with Gasteiger partial charge in [0.25, 0.3) is 0 Å². The average Bonchev–Trinajstić information content (AvgIpc) is 2.15. The molecule has 0 unspecified atom stereocenters. The third-order valence-electron chi connectivity index (χ3n) is 1.32. The number of hydrogen-bond acceptors (Lipinski definition) is 4. The molecule has 4 heteroatoms. The van der Waals surface area contributed by atoms with Crippen LogP contribution in [-0.2, 0) is 4.79 Å². The van der Waals surface area contributed by atoms with Crippen LogP contribution in [0.2, 0.25) is 0 Å². The van der Waals surface area contributed by atoms with E-state index in [2.05, 4.69) is 0 Å². The minimum atomic E-state index is -1.29. The van der Waals surface area contributed by atoms with Crippen molar-refractivity contribution in [1.82, 2.24) is 0 Å². The molecule has 0 N–H and O–H groups in total. The zero-order valence-corrected chi connectivity index (χ0v) is 6.69. The molecule has 0 atom stereocenters. The lowest BCUT2D eigenvalue weighted by molar-refractivity contribution is -0.307. The van der Waals surface area contributed by atoms with Crippen molar-refractivity contribution >= 4 is 5.97 Å². The molecule has 0 heterocycles. The van der Waals surface area contributed by atoms with E-state index in [4.69, 9.17) is 10.00 Å². The zero-order chi connectivity index (χ0) is 9.68. The van der Waals surface area contributed by atoms with Crippen molar-refractivity contribution in [3.8, 4) is 11.8 Å². The molecule has 0 radical (unpaired) electrons. The maximum Gasteiger partial charge on any atom is 0.128 e. The highest BCUT2D eigenvalue weighted by Crippen LogP contribution is 2.11. The molecule has 1 aromatic rings. The van der Waals surface area contributed by atoms with Crippen molar-refractivity contribution in [2.45, 2.75) is 0 Å². The van der Waals surface area contributed by atoms with Crippen molar-refractivity contribution in [1.29, 1.82) is 5.26 Å². The SMILES string of the molecule is N#Cc1cccc(OCC(=O)[O-])c1. The Kier molecular flexibility index (Phi) is 2.87. The van der Waals surface area contributed by atoms with Gasteiger partial charge in [0.05, 0.1) is 17.6 Å². The number of carbonyl (C=O) groups excluding carboxylic acids is 1. The van der Waals surface area contributed by atoms with E-state index < -0.39 is 12.6 Å². The highest BCUT2D eigenvalue weighted by molar-refractivity contribution is 5.66. The van der Waals surface area contributed by atoms with E-state index in [0.29, 0.717) is 11.3 Å². The lowest BCUT2D eigenvalue weighted by Crippen LogP contribution is -2.28. The Labute approximate surface area is 75.0 Å². The predicted octanol–water partition coefficient (Wildman–Crippen LogP) is -0.313. The summed E-state index contributed by atoms with van der Waals surface area (Å²) in [7, 11) is 0. The Morgan fingerprint density at radius 1 is 1.62 bits per heavy atom. The molecular weight excluding hydrogens is 170 g/mol. The molecule has 0 saturated carbocycles. The molecule has 66 valence electrons. The van der Waals surface area contributed by atoms with E-state index in [0.717, 1.165) is 0 Å². The van der Waals surface area contributed by atoms with Crippen LogP contribution in [0.5, 0.6) is 5.75 Å². The molecule has 13 heavy (non-hydrogen) atoms. The average molecular weight is 176 g/mol. The van der Waals surface area contributed by atoms with E-state index in [-0.39, 0.29) is 0 Å². The fraction of sp³-hybridized carbons (Fsp3) is 0.111. The van der Waals surface area contributed by atoms with Crippen LogP contribution in [0.3, 0.4) is 0 Å². The van der Waals surface area contributed by atoms with Crippen molar-refractivity contribution in [2.75, 3.05) is 6.61 Å². The standard InChI is InChI=1S/C9H7NO3/c10-5-7-2-1-3-8(4-7)13-6-9(11)12/h1-4H,6H2,(H,11,12)/p-1. The summed E-state index contributed by atoms with van der Waals surface area (Å²) in [5.74, 6) is -0.939. The number of benzene rings is 1. The molecule has 4 nitrogen and oxygen atoms in total. The van der Waals surface area contributed by atoms with E-state index in [9.17, 15) is 9.90 Å². The van der Waals surface area contributed by atoms with E-state index in [1.165, 1.54) is 6.07 Å². The summed E-state index contributed by atoms with van der Waals surface area (Å²) in [6.07, 6.45) is 0. The normalized spacial score (nSPS) is 8.85. The van der Waals surface area contributed by atoms with Crippen LogP contribution in [0, 0.1) is 11.3 Å². The fourth-order valence-electron chi connectivity index (χ4n) is 0.798. The summed E-state index contributed by atoms with van der Waals surface area (Å²) in [6.45, 7) is -0.505. The molecule has 0 aliphatic carbocycles. The van der Waals surface area contributed by atoms with Gasteiger partial charge in [-0.05, 0) is 18.2 Å². The molecule has 0 bridgehead atoms. The van der Waals surface area contributed by atoms with Crippen molar-refractivity contribution in [2.24, 2.45) is 0 Å². The van der Waals surface area contributed by atoms with Crippen LogP contribution in [-0.4, -0.2) is 12.6 Å². The number of nitriles is 1. The summed E-state index contributed by atoms with van der Waals surface area (Å²) in [5.41, 5.74) is 0.427. The second kappa shape index (κ2) is 4.12. The van der Waals surface area contributed by atoms with Crippen molar-refractivity contribution in [3.05, 3.63) is 29.8 Å². The summed E-state index contributed by atoms with van der Waals surface area (Å²) < 4.78 is 4.80. The molecule has 0 fully saturated rings. The third kappa shape index (κ3) is 2.83. The van der Waals surface area contributed by atoms with Gasteiger partial charge in [0.1, 0.15) is 12.4 Å². The maximum absolute atomic E-state index is 10.0. The highest BCUT2D eigenvalue weighted by atomic mass is 16.5.